The molecule has 23 heavy (non-hydrogen) atoms. The molecule has 13 heteroatoms. The first-order valence-electron chi connectivity index (χ1n) is 6.30. The van der Waals surface area contributed by atoms with Gasteiger partial charge in [0.1, 0.15) is 24.2 Å². The first-order valence-corrected chi connectivity index (χ1v) is 7.80. The van der Waals surface area contributed by atoms with E-state index in [-0.39, 0.29) is 41.8 Å². The molecule has 2 aromatic heterocycles. The van der Waals surface area contributed by atoms with E-state index in [1.165, 1.54) is 17.2 Å². The molecule has 0 amide bonds. The molecule has 120 valence electrons. The zero-order valence-corrected chi connectivity index (χ0v) is 15.0. The summed E-state index contributed by atoms with van der Waals surface area (Å²) in [6, 6.07) is 0. The van der Waals surface area contributed by atoms with Crippen molar-refractivity contribution in [1.82, 2.24) is 19.5 Å². The van der Waals surface area contributed by atoms with Gasteiger partial charge >= 0.3 is 29.6 Å². The number of ether oxygens (including phenoxy) is 1. The standard InChI is InChI=1S/C10H14N5O6P.Na/c11-9-8-10(13-3-12-9)15(4-14-8)7-1-5(6(2-16)20-7)21-22(17,18)19;/h3-7,16H,1-2H2,(H2,11,12,13)(H2,17,18,19);/q;+1/p-1/t5-,6+,7+;/m0./s1. The average Bonchev–Trinajstić information content (AvgIpc) is 3.01. The molecule has 3 rings (SSSR count). The Morgan fingerprint density at radius 2 is 2.26 bits per heavy atom. The van der Waals surface area contributed by atoms with Crippen LogP contribution in [0.2, 0.25) is 0 Å². The van der Waals surface area contributed by atoms with Crippen LogP contribution in [0.25, 0.3) is 11.2 Å². The Morgan fingerprint density at radius 3 is 2.91 bits per heavy atom. The summed E-state index contributed by atoms with van der Waals surface area (Å²) in [5.74, 6) is 0.202. The maximum Gasteiger partial charge on any atom is 1.00 e. The average molecular weight is 353 g/mol. The Hall–Kier alpha value is -0.620. The third-order valence-electron chi connectivity index (χ3n) is 3.33. The predicted octanol–water partition coefficient (Wildman–Crippen LogP) is -4.46. The molecular weight excluding hydrogens is 340 g/mol. The van der Waals surface area contributed by atoms with Gasteiger partial charge in [-0.15, -0.1) is 0 Å². The number of aliphatic hydroxyl groups excluding tert-OH is 1. The van der Waals surface area contributed by atoms with Crippen LogP contribution in [-0.4, -0.2) is 48.3 Å². The number of rotatable bonds is 4. The second kappa shape index (κ2) is 7.09. The fourth-order valence-corrected chi connectivity index (χ4v) is 2.96. The molecule has 0 aliphatic carbocycles. The molecule has 1 aliphatic rings. The van der Waals surface area contributed by atoms with E-state index in [4.69, 9.17) is 15.4 Å². The summed E-state index contributed by atoms with van der Waals surface area (Å²) in [5.41, 5.74) is 6.48. The van der Waals surface area contributed by atoms with Crippen molar-refractivity contribution in [1.29, 1.82) is 0 Å². The fraction of sp³-hybridized carbons (Fsp3) is 0.500. The van der Waals surface area contributed by atoms with Gasteiger partial charge in [0.25, 0.3) is 7.82 Å². The van der Waals surface area contributed by atoms with Crippen molar-refractivity contribution in [3.05, 3.63) is 12.7 Å². The molecule has 1 aliphatic heterocycles. The Kier molecular flexibility index (Phi) is 5.77. The number of phosphoric acid groups is 1. The van der Waals surface area contributed by atoms with E-state index in [2.05, 4.69) is 19.5 Å². The predicted molar refractivity (Wildman–Crippen MR) is 70.0 cm³/mol. The van der Waals surface area contributed by atoms with Crippen LogP contribution in [0.15, 0.2) is 12.7 Å². The van der Waals surface area contributed by atoms with E-state index in [0.29, 0.717) is 11.2 Å². The molecule has 4 atom stereocenters. The number of nitrogens with zero attached hydrogens (tertiary/aromatic N) is 4. The summed E-state index contributed by atoms with van der Waals surface area (Å²) >= 11 is 0. The Labute approximate surface area is 152 Å². The minimum Gasteiger partial charge on any atom is -0.756 e. The monoisotopic (exact) mass is 353 g/mol. The van der Waals surface area contributed by atoms with Crippen molar-refractivity contribution >= 4 is 24.8 Å². The van der Waals surface area contributed by atoms with E-state index < -0.39 is 32.9 Å². The zero-order chi connectivity index (χ0) is 15.9. The molecule has 1 saturated heterocycles. The smallest absolute Gasteiger partial charge is 0.756 e. The van der Waals surface area contributed by atoms with Crippen molar-refractivity contribution in [3.63, 3.8) is 0 Å². The van der Waals surface area contributed by atoms with Crippen LogP contribution in [0.1, 0.15) is 12.6 Å². The summed E-state index contributed by atoms with van der Waals surface area (Å²) in [6.45, 7) is -0.467. The molecule has 1 unspecified atom stereocenters. The van der Waals surface area contributed by atoms with Gasteiger partial charge in [-0.05, 0) is 0 Å². The molecule has 0 bridgehead atoms. The summed E-state index contributed by atoms with van der Waals surface area (Å²) in [6.07, 6.45) is 0.173. The van der Waals surface area contributed by atoms with Crippen LogP contribution >= 0.6 is 7.82 Å². The van der Waals surface area contributed by atoms with Crippen molar-refractivity contribution < 1.29 is 58.3 Å². The van der Waals surface area contributed by atoms with Crippen molar-refractivity contribution in [3.8, 4) is 0 Å². The second-order valence-corrected chi connectivity index (χ2v) is 5.89. The first-order chi connectivity index (χ1) is 10.4. The Morgan fingerprint density at radius 1 is 1.52 bits per heavy atom. The molecule has 4 N–H and O–H groups in total. The van der Waals surface area contributed by atoms with E-state index in [1.54, 1.807) is 0 Å². The molecule has 3 heterocycles. The number of anilines is 1. The van der Waals surface area contributed by atoms with E-state index in [1.807, 2.05) is 0 Å². The van der Waals surface area contributed by atoms with Crippen molar-refractivity contribution in [2.75, 3.05) is 12.3 Å². The second-order valence-electron chi connectivity index (χ2n) is 4.74. The first kappa shape index (κ1) is 18.7. The van der Waals surface area contributed by atoms with Crippen LogP contribution in [0, 0.1) is 0 Å². The fourth-order valence-electron chi connectivity index (χ4n) is 2.40. The van der Waals surface area contributed by atoms with Gasteiger partial charge in [-0.3, -0.25) is 9.13 Å². The van der Waals surface area contributed by atoms with E-state index in [0.717, 1.165) is 0 Å². The molecule has 0 spiro atoms. The summed E-state index contributed by atoms with van der Waals surface area (Å²) in [5, 5.41) is 9.26. The summed E-state index contributed by atoms with van der Waals surface area (Å²) in [7, 11) is -4.94. The molecule has 2 aromatic rings. The number of nitrogens with two attached hydrogens (primary N) is 1. The minimum absolute atomic E-state index is 0. The molecule has 11 nitrogen and oxygen atoms in total. The van der Waals surface area contributed by atoms with Gasteiger partial charge in [0, 0.05) is 6.42 Å². The van der Waals surface area contributed by atoms with Gasteiger partial charge in [0.2, 0.25) is 0 Å². The number of aromatic nitrogens is 4. The van der Waals surface area contributed by atoms with Gasteiger partial charge in [-0.2, -0.15) is 0 Å². The van der Waals surface area contributed by atoms with Crippen molar-refractivity contribution in [2.45, 2.75) is 24.9 Å². The summed E-state index contributed by atoms with van der Waals surface area (Å²) in [4.78, 5) is 31.6. The van der Waals surface area contributed by atoms with Gasteiger partial charge in [0.15, 0.2) is 11.5 Å². The maximum absolute atomic E-state index is 10.9. The topological polar surface area (TPSA) is 169 Å². The summed E-state index contributed by atoms with van der Waals surface area (Å²) < 4.78 is 22.5. The molecule has 0 aromatic carbocycles. The third-order valence-corrected chi connectivity index (χ3v) is 3.86. The van der Waals surface area contributed by atoms with Crippen LogP contribution in [0.4, 0.5) is 5.82 Å². The number of hydrogen-bond acceptors (Lipinski definition) is 9. The van der Waals surface area contributed by atoms with E-state index in [9.17, 15) is 14.6 Å². The van der Waals surface area contributed by atoms with Gasteiger partial charge in [-0.25, -0.2) is 15.0 Å². The maximum atomic E-state index is 10.9. The van der Waals surface area contributed by atoms with Crippen LogP contribution in [-0.2, 0) is 13.8 Å². The minimum atomic E-state index is -4.94. The molecular formula is C10H13N5NaO6P. The number of imidazole rings is 1. The van der Waals surface area contributed by atoms with Crippen LogP contribution in [0.3, 0.4) is 0 Å². The normalized spacial score (nSPS) is 26.8. The number of fused-ring (bicyclic) bond motifs is 1. The number of phosphoric ester groups is 1. The van der Waals surface area contributed by atoms with Crippen LogP contribution < -0.4 is 40.2 Å². The van der Waals surface area contributed by atoms with Gasteiger partial charge in [0.05, 0.1) is 19.0 Å². The molecule has 1 fully saturated rings. The quantitative estimate of drug-likeness (QED) is 0.360. The van der Waals surface area contributed by atoms with Gasteiger partial charge < -0.3 is 29.9 Å². The molecule has 0 radical (unpaired) electrons. The molecule has 0 saturated carbocycles. The SMILES string of the molecule is Nc1ncnc2c1ncn2[C@H]1C[C@H](OP(=O)([O-])O)[C@@H](CO)O1.[Na+]. The van der Waals surface area contributed by atoms with E-state index >= 15 is 0 Å². The zero-order valence-electron chi connectivity index (χ0n) is 12.1. The van der Waals surface area contributed by atoms with Gasteiger partial charge in [-0.1, -0.05) is 0 Å². The number of hydrogen-bond donors (Lipinski definition) is 3. The Bertz CT molecular complexity index is 738. The van der Waals surface area contributed by atoms with Crippen LogP contribution in [0.5, 0.6) is 0 Å². The number of nitrogen functional groups attached to an aromatic ring is 1. The third kappa shape index (κ3) is 3.90. The Balaban J connectivity index is 0.00000192. The van der Waals surface area contributed by atoms with Crippen molar-refractivity contribution in [2.24, 2.45) is 0 Å². The largest absolute Gasteiger partial charge is 1.00 e. The number of aliphatic hydroxyl groups is 1.